The Bertz CT molecular complexity index is 156. The Labute approximate surface area is 66.0 Å². The van der Waals surface area contributed by atoms with Crippen molar-refractivity contribution in [3.05, 3.63) is 0 Å². The lowest BCUT2D eigenvalue weighted by molar-refractivity contribution is 0.562. The van der Waals surface area contributed by atoms with Crippen LogP contribution in [-0.2, 0) is 9.59 Å². The largest absolute Gasteiger partial charge is 0.234 e. The van der Waals surface area contributed by atoms with Crippen molar-refractivity contribution in [2.24, 2.45) is 9.98 Å². The number of aliphatic imine (C=N–C) groups is 2. The molecule has 0 heterocycles. The third kappa shape index (κ3) is 28.3. The van der Waals surface area contributed by atoms with E-state index in [1.165, 1.54) is 19.2 Å². The van der Waals surface area contributed by atoms with E-state index in [1.54, 1.807) is 0 Å². The standard InChI is InChI=1S/C5H9NO.C2H3NO/c1-2-3-4-6-5-7;1-3-2-4/h2-4H2,1H3;1H3. The molecule has 4 heteroatoms. The van der Waals surface area contributed by atoms with Crippen LogP contribution in [0.25, 0.3) is 0 Å². The molecule has 0 amide bonds. The van der Waals surface area contributed by atoms with Gasteiger partial charge in [0.15, 0.2) is 0 Å². The minimum Gasteiger partial charge on any atom is -0.211 e. The molecular weight excluding hydrogens is 144 g/mol. The zero-order valence-corrected chi connectivity index (χ0v) is 6.83. The van der Waals surface area contributed by atoms with Crippen LogP contribution in [0.5, 0.6) is 0 Å². The van der Waals surface area contributed by atoms with Gasteiger partial charge >= 0.3 is 0 Å². The van der Waals surface area contributed by atoms with Crippen LogP contribution in [0.3, 0.4) is 0 Å². The van der Waals surface area contributed by atoms with Gasteiger partial charge in [0, 0.05) is 7.05 Å². The maximum Gasteiger partial charge on any atom is 0.234 e. The number of rotatable bonds is 3. The lowest BCUT2D eigenvalue weighted by Gasteiger charge is -1.80. The predicted octanol–water partition coefficient (Wildman–Crippen LogP) is 1.07. The van der Waals surface area contributed by atoms with Crippen LogP contribution in [0.1, 0.15) is 19.8 Å². The number of carbonyl (C=O) groups excluding carboxylic acids is 2. The Morgan fingerprint density at radius 2 is 1.82 bits per heavy atom. The molecule has 0 aromatic heterocycles. The molecule has 0 aromatic carbocycles. The molecule has 0 saturated heterocycles. The van der Waals surface area contributed by atoms with Gasteiger partial charge in [0.05, 0.1) is 6.54 Å². The number of nitrogens with zero attached hydrogens (tertiary/aromatic N) is 2. The van der Waals surface area contributed by atoms with Gasteiger partial charge in [-0.15, -0.1) is 0 Å². The van der Waals surface area contributed by atoms with Gasteiger partial charge in [-0.3, -0.25) is 0 Å². The SMILES string of the molecule is CCCCN=C=O.CN=C=O. The van der Waals surface area contributed by atoms with Crippen molar-refractivity contribution >= 4 is 12.2 Å². The quantitative estimate of drug-likeness (QED) is 0.348. The van der Waals surface area contributed by atoms with E-state index >= 15 is 0 Å². The Morgan fingerprint density at radius 1 is 1.27 bits per heavy atom. The highest BCUT2D eigenvalue weighted by Crippen LogP contribution is 1.83. The third-order valence-corrected chi connectivity index (χ3v) is 0.779. The van der Waals surface area contributed by atoms with Crippen molar-refractivity contribution in [3.63, 3.8) is 0 Å². The van der Waals surface area contributed by atoms with Crippen molar-refractivity contribution < 1.29 is 9.59 Å². The molecule has 0 aromatic rings. The molecule has 0 rings (SSSR count). The monoisotopic (exact) mass is 156 g/mol. The van der Waals surface area contributed by atoms with Crippen LogP contribution in [-0.4, -0.2) is 25.8 Å². The van der Waals surface area contributed by atoms with E-state index in [4.69, 9.17) is 4.79 Å². The second kappa shape index (κ2) is 15.9. The summed E-state index contributed by atoms with van der Waals surface area (Å²) in [5, 5.41) is 0. The molecule has 4 nitrogen and oxygen atoms in total. The van der Waals surface area contributed by atoms with Crippen molar-refractivity contribution in [1.29, 1.82) is 0 Å². The van der Waals surface area contributed by atoms with E-state index in [2.05, 4.69) is 16.9 Å². The average molecular weight is 156 g/mol. The highest BCUT2D eigenvalue weighted by molar-refractivity contribution is 5.32. The van der Waals surface area contributed by atoms with Crippen LogP contribution in [0.2, 0.25) is 0 Å². The molecule has 0 atom stereocenters. The first-order chi connectivity index (χ1) is 5.33. The predicted molar refractivity (Wildman–Crippen MR) is 41.9 cm³/mol. The molecule has 0 spiro atoms. The Hall–Kier alpha value is -1.24. The first kappa shape index (κ1) is 12.4. The number of hydrogen-bond acceptors (Lipinski definition) is 4. The highest BCUT2D eigenvalue weighted by Gasteiger charge is 1.74. The minimum atomic E-state index is 0.639. The normalized spacial score (nSPS) is 6.36. The summed E-state index contributed by atoms with van der Waals surface area (Å²) in [6.07, 6.45) is 4.87. The summed E-state index contributed by atoms with van der Waals surface area (Å²) in [6.45, 7) is 2.69. The molecule has 0 N–H and O–H groups in total. The molecule has 0 bridgehead atoms. The zero-order valence-electron chi connectivity index (χ0n) is 6.83. The smallest absolute Gasteiger partial charge is 0.211 e. The van der Waals surface area contributed by atoms with Gasteiger partial charge in [0.2, 0.25) is 12.2 Å². The van der Waals surface area contributed by atoms with Gasteiger partial charge in [0.25, 0.3) is 0 Å². The van der Waals surface area contributed by atoms with Crippen molar-refractivity contribution in [3.8, 4) is 0 Å². The Kier molecular flexibility index (Phi) is 18.0. The molecule has 11 heavy (non-hydrogen) atoms. The van der Waals surface area contributed by atoms with Gasteiger partial charge in [-0.2, -0.15) is 0 Å². The topological polar surface area (TPSA) is 58.9 Å². The fourth-order valence-electron chi connectivity index (χ4n) is 0.283. The van der Waals surface area contributed by atoms with Gasteiger partial charge < -0.3 is 0 Å². The van der Waals surface area contributed by atoms with Gasteiger partial charge in [-0.1, -0.05) is 13.3 Å². The molecular formula is C7H12N2O2. The summed E-state index contributed by atoms with van der Waals surface area (Å²) in [5.41, 5.74) is 0. The lowest BCUT2D eigenvalue weighted by atomic mass is 10.3. The van der Waals surface area contributed by atoms with Gasteiger partial charge in [0.1, 0.15) is 0 Å². The fourth-order valence-corrected chi connectivity index (χ4v) is 0.283. The van der Waals surface area contributed by atoms with Crippen LogP contribution in [0, 0.1) is 0 Å². The first-order valence-corrected chi connectivity index (χ1v) is 3.33. The molecule has 0 aliphatic rings. The number of unbranched alkanes of at least 4 members (excludes halogenated alkanes) is 1. The summed E-state index contributed by atoms with van der Waals surface area (Å²) in [6, 6.07) is 0. The molecule has 0 aliphatic heterocycles. The molecule has 0 saturated carbocycles. The summed E-state index contributed by atoms with van der Waals surface area (Å²) in [5.74, 6) is 0. The number of isocyanates is 2. The highest BCUT2D eigenvalue weighted by atomic mass is 16.1. The average Bonchev–Trinajstić information content (AvgIpc) is 2.06. The van der Waals surface area contributed by atoms with Crippen molar-refractivity contribution in [2.45, 2.75) is 19.8 Å². The van der Waals surface area contributed by atoms with E-state index in [1.807, 2.05) is 0 Å². The molecule has 62 valence electrons. The second-order valence-electron chi connectivity index (χ2n) is 1.64. The van der Waals surface area contributed by atoms with E-state index in [-0.39, 0.29) is 0 Å². The summed E-state index contributed by atoms with van der Waals surface area (Å²) >= 11 is 0. The van der Waals surface area contributed by atoms with E-state index < -0.39 is 0 Å². The number of hydrogen-bond donors (Lipinski definition) is 0. The summed E-state index contributed by atoms with van der Waals surface area (Å²) < 4.78 is 0. The lowest BCUT2D eigenvalue weighted by Crippen LogP contribution is -1.74. The van der Waals surface area contributed by atoms with E-state index in [9.17, 15) is 4.79 Å². The molecule has 0 fully saturated rings. The summed E-state index contributed by atoms with van der Waals surface area (Å²) in [7, 11) is 1.38. The van der Waals surface area contributed by atoms with E-state index in [0.29, 0.717) is 6.54 Å². The minimum absolute atomic E-state index is 0.639. The maximum absolute atomic E-state index is 9.39. The van der Waals surface area contributed by atoms with Gasteiger partial charge in [-0.25, -0.2) is 19.6 Å². The zero-order chi connectivity index (χ0) is 8.95. The van der Waals surface area contributed by atoms with Gasteiger partial charge in [-0.05, 0) is 6.42 Å². The van der Waals surface area contributed by atoms with Crippen LogP contribution < -0.4 is 0 Å². The van der Waals surface area contributed by atoms with Crippen LogP contribution in [0.15, 0.2) is 9.98 Å². The van der Waals surface area contributed by atoms with Crippen LogP contribution >= 0.6 is 0 Å². The maximum atomic E-state index is 9.39. The fraction of sp³-hybridized carbons (Fsp3) is 0.714. The van der Waals surface area contributed by atoms with Crippen molar-refractivity contribution in [2.75, 3.05) is 13.6 Å². The summed E-state index contributed by atoms with van der Waals surface area (Å²) in [4.78, 5) is 24.6. The third-order valence-electron chi connectivity index (χ3n) is 0.779. The molecule has 0 radical (unpaired) electrons. The van der Waals surface area contributed by atoms with E-state index in [0.717, 1.165) is 12.8 Å². The first-order valence-electron chi connectivity index (χ1n) is 3.33. The molecule has 0 unspecified atom stereocenters. The molecule has 0 aliphatic carbocycles. The Balaban J connectivity index is 0. The van der Waals surface area contributed by atoms with Crippen LogP contribution in [0.4, 0.5) is 0 Å². The van der Waals surface area contributed by atoms with Crippen molar-refractivity contribution in [1.82, 2.24) is 0 Å². The Morgan fingerprint density at radius 3 is 2.09 bits per heavy atom. The second-order valence-corrected chi connectivity index (χ2v) is 1.64.